The van der Waals surface area contributed by atoms with Crippen LogP contribution in [0, 0.1) is 0 Å². The molecule has 1 fully saturated rings. The molecule has 1 aromatic carbocycles. The summed E-state index contributed by atoms with van der Waals surface area (Å²) >= 11 is 0. The largest absolute Gasteiger partial charge is 0.324 e. The molecule has 0 amide bonds. The Kier molecular flexibility index (Phi) is 5.05. The molecule has 0 unspecified atom stereocenters. The third kappa shape index (κ3) is 3.69. The van der Waals surface area contributed by atoms with Gasteiger partial charge in [-0.3, -0.25) is 4.79 Å². The maximum Gasteiger partial charge on any atom is 0.278 e. The molecule has 6 rings (SSSR count). The van der Waals surface area contributed by atoms with Gasteiger partial charge in [0.15, 0.2) is 11.5 Å². The van der Waals surface area contributed by atoms with Crippen LogP contribution in [0.2, 0.25) is 0 Å². The van der Waals surface area contributed by atoms with Gasteiger partial charge in [-0.15, -0.1) is 0 Å². The Balaban J connectivity index is 1.44. The van der Waals surface area contributed by atoms with Crippen LogP contribution in [0.25, 0.3) is 16.9 Å². The molecule has 9 nitrogen and oxygen atoms in total. The van der Waals surface area contributed by atoms with E-state index in [1.54, 1.807) is 21.8 Å². The van der Waals surface area contributed by atoms with E-state index in [4.69, 9.17) is 9.97 Å². The lowest BCUT2D eigenvalue weighted by Gasteiger charge is -2.26. The minimum Gasteiger partial charge on any atom is -0.324 e. The van der Waals surface area contributed by atoms with Gasteiger partial charge in [-0.25, -0.2) is 24.3 Å². The summed E-state index contributed by atoms with van der Waals surface area (Å²) in [5, 5.41) is 7.37. The molecular formula is C27H32N8O. The average molecular weight is 485 g/mol. The lowest BCUT2D eigenvalue weighted by Crippen LogP contribution is -2.33. The monoisotopic (exact) mass is 484 g/mol. The Morgan fingerprint density at radius 1 is 1.11 bits per heavy atom. The minimum atomic E-state index is -0.232. The van der Waals surface area contributed by atoms with E-state index in [1.807, 2.05) is 19.9 Å². The van der Waals surface area contributed by atoms with Gasteiger partial charge in [0, 0.05) is 54.1 Å². The Labute approximate surface area is 210 Å². The van der Waals surface area contributed by atoms with Crippen LogP contribution < -0.4 is 16.2 Å². The molecule has 4 heterocycles. The molecule has 0 bridgehead atoms. The van der Waals surface area contributed by atoms with Crippen molar-refractivity contribution < 1.29 is 0 Å². The number of fused-ring (bicyclic) bond motifs is 3. The highest BCUT2D eigenvalue weighted by atomic mass is 16.1. The first-order chi connectivity index (χ1) is 17.2. The summed E-state index contributed by atoms with van der Waals surface area (Å²) in [5.41, 5.74) is 4.19. The number of benzene rings is 1. The van der Waals surface area contributed by atoms with E-state index in [0.717, 1.165) is 18.8 Å². The van der Waals surface area contributed by atoms with E-state index in [2.05, 4.69) is 59.6 Å². The van der Waals surface area contributed by atoms with Gasteiger partial charge in [0.2, 0.25) is 5.95 Å². The van der Waals surface area contributed by atoms with E-state index in [1.165, 1.54) is 24.0 Å². The third-order valence-corrected chi connectivity index (χ3v) is 7.21. The van der Waals surface area contributed by atoms with Crippen LogP contribution in [-0.2, 0) is 17.4 Å². The first-order valence-electron chi connectivity index (χ1n) is 12.6. The van der Waals surface area contributed by atoms with Gasteiger partial charge in [0.1, 0.15) is 11.2 Å². The lowest BCUT2D eigenvalue weighted by molar-refractivity contribution is 0.467. The quantitative estimate of drug-likeness (QED) is 0.449. The number of hydrogen-bond donors (Lipinski definition) is 2. The molecule has 4 aromatic rings. The highest BCUT2D eigenvalue weighted by molar-refractivity contribution is 5.77. The van der Waals surface area contributed by atoms with Crippen LogP contribution in [0.3, 0.4) is 0 Å². The van der Waals surface area contributed by atoms with E-state index in [-0.39, 0.29) is 17.0 Å². The van der Waals surface area contributed by atoms with Crippen LogP contribution >= 0.6 is 0 Å². The van der Waals surface area contributed by atoms with Gasteiger partial charge >= 0.3 is 0 Å². The number of rotatable bonds is 4. The van der Waals surface area contributed by atoms with Crippen molar-refractivity contribution >= 4 is 22.7 Å². The fraction of sp³-hybridized carbons (Fsp3) is 0.444. The zero-order chi connectivity index (χ0) is 25.2. The molecule has 1 spiro atoms. The summed E-state index contributed by atoms with van der Waals surface area (Å²) in [5.74, 6) is 1.75. The highest BCUT2D eigenvalue weighted by Crippen LogP contribution is 2.50. The van der Waals surface area contributed by atoms with Crippen LogP contribution in [-0.4, -0.2) is 35.8 Å². The van der Waals surface area contributed by atoms with Crippen molar-refractivity contribution in [3.63, 3.8) is 0 Å². The van der Waals surface area contributed by atoms with E-state index in [0.29, 0.717) is 34.0 Å². The molecule has 1 saturated carbocycles. The van der Waals surface area contributed by atoms with Crippen LogP contribution in [0.4, 0.5) is 11.6 Å². The first-order valence-corrected chi connectivity index (χ1v) is 12.6. The number of anilines is 2. The fourth-order valence-corrected chi connectivity index (χ4v) is 5.17. The summed E-state index contributed by atoms with van der Waals surface area (Å²) in [7, 11) is 0. The maximum atomic E-state index is 13.3. The van der Waals surface area contributed by atoms with Crippen molar-refractivity contribution in [2.75, 3.05) is 11.9 Å². The molecule has 0 radical (unpaired) electrons. The molecule has 9 heteroatoms. The van der Waals surface area contributed by atoms with Crippen LogP contribution in [0.5, 0.6) is 0 Å². The first kappa shape index (κ1) is 22.8. The predicted octanol–water partition coefficient (Wildman–Crippen LogP) is 4.13. The standard InChI is InChI=1S/C27H32N8O/c1-16(2)34-23(36)19-14-30-25(31-18-6-7-20-17(12-18)13-28-15-27(20)9-10-27)33-22(19)35(34)21-8-11-29-24(32-21)26(3,4)5/h6-8,11-12,14,16,28H,9-10,13,15H2,1-5H3,(H,30,31,33). The molecule has 3 aromatic heterocycles. The predicted molar refractivity (Wildman–Crippen MR) is 140 cm³/mol. The van der Waals surface area contributed by atoms with E-state index in [9.17, 15) is 4.79 Å². The Morgan fingerprint density at radius 2 is 1.92 bits per heavy atom. The Morgan fingerprint density at radius 3 is 2.64 bits per heavy atom. The van der Waals surface area contributed by atoms with Gasteiger partial charge in [-0.2, -0.15) is 4.98 Å². The molecule has 0 saturated heterocycles. The number of nitrogens with one attached hydrogen (secondary N) is 2. The van der Waals surface area contributed by atoms with Gasteiger partial charge in [0.25, 0.3) is 5.56 Å². The van der Waals surface area contributed by atoms with E-state index < -0.39 is 0 Å². The third-order valence-electron chi connectivity index (χ3n) is 7.21. The zero-order valence-electron chi connectivity index (χ0n) is 21.5. The van der Waals surface area contributed by atoms with Crippen molar-refractivity contribution in [1.82, 2.24) is 34.6 Å². The number of nitrogens with zero attached hydrogens (tertiary/aromatic N) is 6. The second-order valence-corrected chi connectivity index (χ2v) is 11.4. The molecule has 2 aliphatic rings. The molecule has 186 valence electrons. The van der Waals surface area contributed by atoms with Gasteiger partial charge in [0.05, 0.1) is 0 Å². The van der Waals surface area contributed by atoms with Crippen LogP contribution in [0.1, 0.15) is 70.5 Å². The molecule has 2 N–H and O–H groups in total. The minimum absolute atomic E-state index is 0.0981. The fourth-order valence-electron chi connectivity index (χ4n) is 5.17. The van der Waals surface area contributed by atoms with Gasteiger partial charge in [-0.1, -0.05) is 26.8 Å². The summed E-state index contributed by atoms with van der Waals surface area (Å²) in [4.78, 5) is 31.9. The lowest BCUT2D eigenvalue weighted by atomic mass is 9.88. The van der Waals surface area contributed by atoms with Crippen molar-refractivity contribution in [1.29, 1.82) is 0 Å². The summed E-state index contributed by atoms with van der Waals surface area (Å²) in [6, 6.07) is 8.24. The zero-order valence-corrected chi connectivity index (χ0v) is 21.5. The smallest absolute Gasteiger partial charge is 0.278 e. The van der Waals surface area contributed by atoms with Gasteiger partial charge < -0.3 is 10.6 Å². The van der Waals surface area contributed by atoms with Gasteiger partial charge in [-0.05, 0) is 49.9 Å². The van der Waals surface area contributed by atoms with Crippen molar-refractivity contribution in [3.8, 4) is 5.82 Å². The Bertz CT molecular complexity index is 1540. The second-order valence-electron chi connectivity index (χ2n) is 11.4. The molecule has 36 heavy (non-hydrogen) atoms. The van der Waals surface area contributed by atoms with Crippen molar-refractivity contribution in [2.45, 2.75) is 70.9 Å². The summed E-state index contributed by atoms with van der Waals surface area (Å²) in [6.45, 7) is 12.1. The van der Waals surface area contributed by atoms with Crippen molar-refractivity contribution in [3.05, 3.63) is 64.0 Å². The molecular weight excluding hydrogens is 452 g/mol. The van der Waals surface area contributed by atoms with Crippen LogP contribution in [0.15, 0.2) is 41.5 Å². The number of hydrogen-bond acceptors (Lipinski definition) is 7. The maximum absolute atomic E-state index is 13.3. The Hall–Kier alpha value is -3.59. The average Bonchev–Trinajstić information content (AvgIpc) is 3.54. The topological polar surface area (TPSA) is 103 Å². The normalized spacial score (nSPS) is 16.5. The molecule has 1 aliphatic heterocycles. The van der Waals surface area contributed by atoms with Crippen molar-refractivity contribution in [2.24, 2.45) is 0 Å². The second kappa shape index (κ2) is 7.96. The highest BCUT2D eigenvalue weighted by Gasteiger charge is 2.46. The summed E-state index contributed by atoms with van der Waals surface area (Å²) in [6.07, 6.45) is 5.85. The number of aromatic nitrogens is 6. The summed E-state index contributed by atoms with van der Waals surface area (Å²) < 4.78 is 3.47. The SMILES string of the molecule is CC(C)n1c(=O)c2cnc(Nc3ccc4c(c3)CNCC43CC3)nc2n1-c1ccnc(C(C)(C)C)n1. The molecule has 1 aliphatic carbocycles. The molecule has 0 atom stereocenters. The van der Waals surface area contributed by atoms with E-state index >= 15 is 0 Å².